The summed E-state index contributed by atoms with van der Waals surface area (Å²) in [6, 6.07) is 22.2. The molecule has 3 rings (SSSR count). The van der Waals surface area contributed by atoms with E-state index in [1.807, 2.05) is 0 Å². The number of hydrogen-bond donors (Lipinski definition) is 0. The number of unbranched alkanes of at least 4 members (excludes halogenated alkanes) is 11. The molecule has 0 radical (unpaired) electrons. The smallest absolute Gasteiger partial charge is 0.234 e. The van der Waals surface area contributed by atoms with Crippen molar-refractivity contribution in [3.05, 3.63) is 89.5 Å². The first-order chi connectivity index (χ1) is 18.7. The van der Waals surface area contributed by atoms with Crippen LogP contribution in [0, 0.1) is 0 Å². The third kappa shape index (κ3) is 10.4. The molecule has 2 nitrogen and oxygen atoms in total. The fourth-order valence-corrected chi connectivity index (χ4v) is 5.75. The zero-order valence-corrected chi connectivity index (χ0v) is 24.8. The summed E-state index contributed by atoms with van der Waals surface area (Å²) in [6.07, 6.45) is 22.3. The maximum atomic E-state index is 2.70. The second-order valence-electron chi connectivity index (χ2n) is 11.4. The van der Waals surface area contributed by atoms with Crippen LogP contribution in [0.4, 0.5) is 0 Å². The molecule has 1 unspecified atom stereocenters. The lowest BCUT2D eigenvalue weighted by atomic mass is 9.96. The molecule has 2 aromatic carbocycles. The van der Waals surface area contributed by atoms with Gasteiger partial charge >= 0.3 is 0 Å². The third-order valence-electron chi connectivity index (χ3n) is 8.12. The number of aryl methyl sites for hydroxylation is 1. The van der Waals surface area contributed by atoms with Gasteiger partial charge in [0.15, 0.2) is 0 Å². The van der Waals surface area contributed by atoms with Gasteiger partial charge in [-0.1, -0.05) is 139 Å². The predicted molar refractivity (Wildman–Crippen MR) is 164 cm³/mol. The summed E-state index contributed by atoms with van der Waals surface area (Å²) in [6.45, 7) is 9.29. The third-order valence-corrected chi connectivity index (χ3v) is 8.12. The minimum atomic E-state index is 0.520. The molecule has 0 N–H and O–H groups in total. The van der Waals surface area contributed by atoms with Gasteiger partial charge in [0.25, 0.3) is 5.82 Å². The van der Waals surface area contributed by atoms with E-state index >= 15 is 0 Å². The molecule has 2 heteroatoms. The van der Waals surface area contributed by atoms with Gasteiger partial charge in [0.1, 0.15) is 11.9 Å². The molecule has 0 spiro atoms. The van der Waals surface area contributed by atoms with Gasteiger partial charge in [-0.15, -0.1) is 0 Å². The van der Waals surface area contributed by atoms with Crippen LogP contribution in [0.1, 0.15) is 133 Å². The van der Waals surface area contributed by atoms with Gasteiger partial charge < -0.3 is 0 Å². The van der Waals surface area contributed by atoms with E-state index in [0.717, 1.165) is 25.9 Å². The Morgan fingerprint density at radius 3 is 1.84 bits per heavy atom. The monoisotopic (exact) mass is 515 g/mol. The topological polar surface area (TPSA) is 8.81 Å². The summed E-state index contributed by atoms with van der Waals surface area (Å²) in [5.41, 5.74) is 4.38. The highest BCUT2D eigenvalue weighted by atomic mass is 15.2. The number of hydrogen-bond acceptors (Lipinski definition) is 0. The number of aromatic nitrogens is 2. The fourth-order valence-electron chi connectivity index (χ4n) is 5.75. The summed E-state index contributed by atoms with van der Waals surface area (Å²) in [7, 11) is 0. The lowest BCUT2D eigenvalue weighted by Crippen LogP contribution is -2.41. The van der Waals surface area contributed by atoms with Crippen LogP contribution in [0.2, 0.25) is 0 Å². The van der Waals surface area contributed by atoms with Crippen LogP contribution in [-0.4, -0.2) is 4.57 Å². The molecule has 38 heavy (non-hydrogen) atoms. The molecule has 0 aliphatic rings. The van der Waals surface area contributed by atoms with Gasteiger partial charge in [-0.2, -0.15) is 0 Å². The number of imidazole rings is 1. The SMILES string of the molecule is CCCCCCCCCCCn1cc(CC(C)c2ccccc2)[n+](CCCCCC)c1Cc1ccccc1. The zero-order valence-electron chi connectivity index (χ0n) is 24.8. The van der Waals surface area contributed by atoms with Crippen molar-refractivity contribution >= 4 is 0 Å². The van der Waals surface area contributed by atoms with E-state index in [-0.39, 0.29) is 0 Å². The molecule has 0 amide bonds. The van der Waals surface area contributed by atoms with Crippen LogP contribution in [0.15, 0.2) is 66.9 Å². The van der Waals surface area contributed by atoms with E-state index in [4.69, 9.17) is 0 Å². The Hall–Kier alpha value is -2.35. The van der Waals surface area contributed by atoms with Gasteiger partial charge in [0.2, 0.25) is 0 Å². The van der Waals surface area contributed by atoms with E-state index < -0.39 is 0 Å². The quantitative estimate of drug-likeness (QED) is 0.105. The van der Waals surface area contributed by atoms with E-state index in [1.54, 1.807) is 0 Å². The van der Waals surface area contributed by atoms with Gasteiger partial charge in [0, 0.05) is 6.42 Å². The summed E-state index contributed by atoms with van der Waals surface area (Å²) in [4.78, 5) is 0. The molecule has 208 valence electrons. The molecule has 0 bridgehead atoms. The molecule has 0 aliphatic heterocycles. The van der Waals surface area contributed by atoms with Crippen molar-refractivity contribution in [2.24, 2.45) is 0 Å². The molecule has 1 aromatic heterocycles. The maximum Gasteiger partial charge on any atom is 0.261 e. The Morgan fingerprint density at radius 2 is 1.21 bits per heavy atom. The molecule has 1 atom stereocenters. The van der Waals surface area contributed by atoms with Crippen LogP contribution >= 0.6 is 0 Å². The molecule has 0 fully saturated rings. The standard InChI is InChI=1S/C36H55N2/c1-4-6-8-10-11-12-13-14-21-27-37-31-35(29-32(3)34-25-19-16-20-26-34)38(28-22-9-7-5-2)36(37)30-33-23-17-15-18-24-33/h15-20,23-26,31-32H,4-14,21-22,27-30H2,1-3H3/q+1. The van der Waals surface area contributed by atoms with E-state index in [1.165, 1.54) is 106 Å². The Morgan fingerprint density at radius 1 is 0.658 bits per heavy atom. The second kappa shape index (κ2) is 18.0. The van der Waals surface area contributed by atoms with Crippen molar-refractivity contribution < 1.29 is 4.57 Å². The molecular formula is C36H55N2+. The van der Waals surface area contributed by atoms with Crippen LogP contribution < -0.4 is 4.57 Å². The van der Waals surface area contributed by atoms with Gasteiger partial charge in [0.05, 0.1) is 19.5 Å². The van der Waals surface area contributed by atoms with Gasteiger partial charge in [-0.25, -0.2) is 9.13 Å². The van der Waals surface area contributed by atoms with Crippen LogP contribution in [0.3, 0.4) is 0 Å². The Labute approximate surface area is 234 Å². The average Bonchev–Trinajstić information content (AvgIpc) is 3.26. The number of benzene rings is 2. The predicted octanol–water partition coefficient (Wildman–Crippen LogP) is 9.82. The first-order valence-electron chi connectivity index (χ1n) is 15.9. The molecule has 1 heterocycles. The molecule has 0 saturated carbocycles. The molecule has 3 aromatic rings. The number of nitrogens with zero attached hydrogens (tertiary/aromatic N) is 2. The minimum absolute atomic E-state index is 0.520. The lowest BCUT2D eigenvalue weighted by Gasteiger charge is -2.12. The van der Waals surface area contributed by atoms with Crippen molar-refractivity contribution in [1.29, 1.82) is 0 Å². The highest BCUT2D eigenvalue weighted by Crippen LogP contribution is 2.21. The average molecular weight is 516 g/mol. The molecule has 0 saturated heterocycles. The first-order valence-corrected chi connectivity index (χ1v) is 15.9. The summed E-state index contributed by atoms with van der Waals surface area (Å²) >= 11 is 0. The van der Waals surface area contributed by atoms with Gasteiger partial charge in [-0.05, 0) is 42.7 Å². The van der Waals surface area contributed by atoms with Crippen LogP contribution in [0.25, 0.3) is 0 Å². The maximum absolute atomic E-state index is 2.70. The summed E-state index contributed by atoms with van der Waals surface area (Å²) in [5, 5.41) is 0. The van der Waals surface area contributed by atoms with E-state index in [0.29, 0.717) is 5.92 Å². The number of rotatable bonds is 20. The Kier molecular flexibility index (Phi) is 14.3. The zero-order chi connectivity index (χ0) is 26.8. The van der Waals surface area contributed by atoms with E-state index in [2.05, 4.69) is 96.8 Å². The molecule has 0 aliphatic carbocycles. The van der Waals surface area contributed by atoms with Crippen molar-refractivity contribution in [1.82, 2.24) is 4.57 Å². The van der Waals surface area contributed by atoms with Crippen LogP contribution in [-0.2, 0) is 25.9 Å². The fraction of sp³-hybridized carbons (Fsp3) is 0.583. The van der Waals surface area contributed by atoms with E-state index in [9.17, 15) is 0 Å². The largest absolute Gasteiger partial charge is 0.261 e. The van der Waals surface area contributed by atoms with Gasteiger partial charge in [-0.3, -0.25) is 0 Å². The Bertz CT molecular complexity index is 989. The highest BCUT2D eigenvalue weighted by molar-refractivity contribution is 5.21. The van der Waals surface area contributed by atoms with Crippen molar-refractivity contribution in [3.8, 4) is 0 Å². The summed E-state index contributed by atoms with van der Waals surface area (Å²) < 4.78 is 5.33. The van der Waals surface area contributed by atoms with Crippen molar-refractivity contribution in [3.63, 3.8) is 0 Å². The summed E-state index contributed by atoms with van der Waals surface area (Å²) in [5.74, 6) is 2.02. The minimum Gasteiger partial charge on any atom is -0.234 e. The van der Waals surface area contributed by atoms with Crippen molar-refractivity contribution in [2.75, 3.05) is 0 Å². The lowest BCUT2D eigenvalue weighted by molar-refractivity contribution is -0.710. The highest BCUT2D eigenvalue weighted by Gasteiger charge is 2.25. The molecular weight excluding hydrogens is 460 g/mol. The van der Waals surface area contributed by atoms with Crippen LogP contribution in [0.5, 0.6) is 0 Å². The normalized spacial score (nSPS) is 12.2. The first kappa shape index (κ1) is 30.2. The second-order valence-corrected chi connectivity index (χ2v) is 11.4. The van der Waals surface area contributed by atoms with Crippen molar-refractivity contribution in [2.45, 2.75) is 136 Å². The Balaban J connectivity index is 1.74.